The van der Waals surface area contributed by atoms with Gasteiger partial charge in [0.15, 0.2) is 5.69 Å². The van der Waals surface area contributed by atoms with Gasteiger partial charge in [0.1, 0.15) is 0 Å². The zero-order valence-electron chi connectivity index (χ0n) is 13.8. The van der Waals surface area contributed by atoms with E-state index in [2.05, 4.69) is 10.4 Å². The molecule has 3 unspecified atom stereocenters. The fourth-order valence-electron chi connectivity index (χ4n) is 4.44. The van der Waals surface area contributed by atoms with Gasteiger partial charge in [-0.25, -0.2) is 0 Å². The van der Waals surface area contributed by atoms with Crippen LogP contribution in [0.4, 0.5) is 0 Å². The second-order valence-electron chi connectivity index (χ2n) is 7.33. The molecule has 0 radical (unpaired) electrons. The van der Waals surface area contributed by atoms with Crippen molar-refractivity contribution in [2.45, 2.75) is 51.1 Å². The highest BCUT2D eigenvalue weighted by Crippen LogP contribution is 2.63. The van der Waals surface area contributed by atoms with Gasteiger partial charge >= 0.3 is 5.97 Å². The molecule has 2 N–H and O–H groups in total. The standard InChI is InChI=1S/C17H23N3O4/c1-10-9-20(12-4-6-24-7-5-12)19-14(10)15(21)18-13-3-2-11-8-17(11,13)16(22)23/h9,11-13H,2-8H2,1H3,(H,18,21)(H,22,23). The number of nitrogens with zero attached hydrogens (tertiary/aromatic N) is 2. The minimum Gasteiger partial charge on any atom is -0.481 e. The number of aryl methyl sites for hydroxylation is 1. The Morgan fingerprint density at radius 2 is 2.08 bits per heavy atom. The van der Waals surface area contributed by atoms with Crippen LogP contribution in [-0.4, -0.2) is 46.0 Å². The lowest BCUT2D eigenvalue weighted by molar-refractivity contribution is -0.144. The number of carbonyl (C=O) groups is 2. The predicted octanol–water partition coefficient (Wildman–Crippen LogP) is 1.53. The summed E-state index contributed by atoms with van der Waals surface area (Å²) in [6.45, 7) is 3.31. The summed E-state index contributed by atoms with van der Waals surface area (Å²) in [5, 5.41) is 16.9. The predicted molar refractivity (Wildman–Crippen MR) is 84.7 cm³/mol. The van der Waals surface area contributed by atoms with E-state index in [4.69, 9.17) is 4.74 Å². The van der Waals surface area contributed by atoms with Gasteiger partial charge in [-0.05, 0) is 44.9 Å². The smallest absolute Gasteiger partial charge is 0.312 e. The minimum atomic E-state index is -0.778. The van der Waals surface area contributed by atoms with E-state index in [1.54, 1.807) is 0 Å². The summed E-state index contributed by atoms with van der Waals surface area (Å²) in [5.41, 5.74) is 0.507. The molecule has 24 heavy (non-hydrogen) atoms. The molecular formula is C17H23N3O4. The molecule has 1 aromatic rings. The number of fused-ring (bicyclic) bond motifs is 1. The molecule has 2 saturated carbocycles. The molecule has 0 bridgehead atoms. The maximum Gasteiger partial charge on any atom is 0.312 e. The van der Waals surface area contributed by atoms with Gasteiger partial charge < -0.3 is 15.2 Å². The number of hydrogen-bond donors (Lipinski definition) is 2. The van der Waals surface area contributed by atoms with Crippen LogP contribution in [0, 0.1) is 18.3 Å². The maximum absolute atomic E-state index is 12.6. The highest BCUT2D eigenvalue weighted by atomic mass is 16.5. The summed E-state index contributed by atoms with van der Waals surface area (Å²) in [7, 11) is 0. The SMILES string of the molecule is Cc1cn(C2CCOCC2)nc1C(=O)NC1CCC2CC21C(=O)O. The molecule has 3 fully saturated rings. The molecule has 3 aliphatic rings. The molecule has 1 aliphatic heterocycles. The lowest BCUT2D eigenvalue weighted by Gasteiger charge is -2.22. The molecule has 0 aromatic carbocycles. The molecule has 4 rings (SSSR count). The summed E-state index contributed by atoms with van der Waals surface area (Å²) in [6.07, 6.45) is 6.01. The molecule has 7 nitrogen and oxygen atoms in total. The third kappa shape index (κ3) is 2.33. The number of aromatic nitrogens is 2. The summed E-state index contributed by atoms with van der Waals surface area (Å²) in [5.74, 6) is -0.808. The van der Waals surface area contributed by atoms with Gasteiger partial charge in [-0.2, -0.15) is 5.10 Å². The van der Waals surface area contributed by atoms with Crippen molar-refractivity contribution in [1.29, 1.82) is 0 Å². The van der Waals surface area contributed by atoms with E-state index in [9.17, 15) is 14.7 Å². The van der Waals surface area contributed by atoms with E-state index >= 15 is 0 Å². The third-order valence-electron chi connectivity index (χ3n) is 5.98. The number of carbonyl (C=O) groups excluding carboxylic acids is 1. The van der Waals surface area contributed by atoms with Crippen LogP contribution in [0.15, 0.2) is 6.20 Å². The largest absolute Gasteiger partial charge is 0.481 e. The normalized spacial score (nSPS) is 32.4. The van der Waals surface area contributed by atoms with Crippen molar-refractivity contribution in [2.24, 2.45) is 11.3 Å². The molecule has 130 valence electrons. The first kappa shape index (κ1) is 15.6. The number of aliphatic carboxylic acids is 1. The zero-order chi connectivity index (χ0) is 16.9. The van der Waals surface area contributed by atoms with E-state index < -0.39 is 11.4 Å². The fraction of sp³-hybridized carbons (Fsp3) is 0.706. The number of nitrogens with one attached hydrogen (secondary N) is 1. The summed E-state index contributed by atoms with van der Waals surface area (Å²) >= 11 is 0. The lowest BCUT2D eigenvalue weighted by atomic mass is 9.98. The maximum atomic E-state index is 12.6. The van der Waals surface area contributed by atoms with E-state index in [1.165, 1.54) is 0 Å². The number of carboxylic acids is 1. The number of ether oxygens (including phenoxy) is 1. The number of amides is 1. The van der Waals surface area contributed by atoms with Gasteiger partial charge in [0, 0.05) is 31.0 Å². The van der Waals surface area contributed by atoms with E-state index in [-0.39, 0.29) is 23.9 Å². The second-order valence-corrected chi connectivity index (χ2v) is 7.33. The van der Waals surface area contributed by atoms with Crippen molar-refractivity contribution >= 4 is 11.9 Å². The van der Waals surface area contributed by atoms with Gasteiger partial charge in [0.25, 0.3) is 5.91 Å². The number of carboxylic acid groups (broad SMARTS) is 1. The molecule has 2 heterocycles. The van der Waals surface area contributed by atoms with Crippen molar-refractivity contribution in [3.8, 4) is 0 Å². The molecule has 1 amide bonds. The highest BCUT2D eigenvalue weighted by Gasteiger charge is 2.68. The molecule has 2 aliphatic carbocycles. The quantitative estimate of drug-likeness (QED) is 0.871. The van der Waals surface area contributed by atoms with Crippen LogP contribution in [0.3, 0.4) is 0 Å². The molecule has 1 aromatic heterocycles. The van der Waals surface area contributed by atoms with Crippen molar-refractivity contribution < 1.29 is 19.4 Å². The van der Waals surface area contributed by atoms with Gasteiger partial charge in [-0.1, -0.05) is 0 Å². The van der Waals surface area contributed by atoms with E-state index in [0.29, 0.717) is 12.1 Å². The van der Waals surface area contributed by atoms with E-state index in [0.717, 1.165) is 44.5 Å². The Hall–Kier alpha value is -1.89. The van der Waals surface area contributed by atoms with Crippen LogP contribution in [-0.2, 0) is 9.53 Å². The van der Waals surface area contributed by atoms with Gasteiger partial charge in [0.05, 0.1) is 11.5 Å². The Balaban J connectivity index is 1.49. The molecular weight excluding hydrogens is 310 g/mol. The van der Waals surface area contributed by atoms with Gasteiger partial charge in [-0.3, -0.25) is 14.3 Å². The monoisotopic (exact) mass is 333 g/mol. The average molecular weight is 333 g/mol. The minimum absolute atomic E-state index is 0.223. The summed E-state index contributed by atoms with van der Waals surface area (Å²) < 4.78 is 7.24. The van der Waals surface area contributed by atoms with Crippen LogP contribution >= 0.6 is 0 Å². The first-order valence-corrected chi connectivity index (χ1v) is 8.70. The number of rotatable bonds is 4. The summed E-state index contributed by atoms with van der Waals surface area (Å²) in [4.78, 5) is 24.2. The zero-order valence-corrected chi connectivity index (χ0v) is 13.8. The van der Waals surface area contributed by atoms with Crippen LogP contribution in [0.2, 0.25) is 0 Å². The Labute approximate surface area is 140 Å². The van der Waals surface area contributed by atoms with Gasteiger partial charge in [-0.15, -0.1) is 0 Å². The van der Waals surface area contributed by atoms with Crippen molar-refractivity contribution in [3.05, 3.63) is 17.5 Å². The average Bonchev–Trinajstić information content (AvgIpc) is 3.04. The van der Waals surface area contributed by atoms with Gasteiger partial charge in [0.2, 0.25) is 0 Å². The highest BCUT2D eigenvalue weighted by molar-refractivity contribution is 5.94. The fourth-order valence-corrected chi connectivity index (χ4v) is 4.44. The first-order chi connectivity index (χ1) is 11.5. The molecule has 3 atom stereocenters. The van der Waals surface area contributed by atoms with E-state index in [1.807, 2.05) is 17.8 Å². The Morgan fingerprint density at radius 1 is 1.33 bits per heavy atom. The van der Waals surface area contributed by atoms with Crippen LogP contribution in [0.25, 0.3) is 0 Å². The summed E-state index contributed by atoms with van der Waals surface area (Å²) in [6, 6.07) is -0.0104. The Kier molecular flexibility index (Phi) is 3.63. The second kappa shape index (κ2) is 5.58. The molecule has 1 saturated heterocycles. The number of hydrogen-bond acceptors (Lipinski definition) is 4. The first-order valence-electron chi connectivity index (χ1n) is 8.70. The Bertz CT molecular complexity index is 679. The van der Waals surface area contributed by atoms with Crippen LogP contribution in [0.1, 0.15) is 54.2 Å². The molecule has 0 spiro atoms. The third-order valence-corrected chi connectivity index (χ3v) is 5.98. The topological polar surface area (TPSA) is 93.5 Å². The van der Waals surface area contributed by atoms with Crippen molar-refractivity contribution in [1.82, 2.24) is 15.1 Å². The Morgan fingerprint density at radius 3 is 2.75 bits per heavy atom. The molecule has 7 heteroatoms. The van der Waals surface area contributed by atoms with Crippen LogP contribution < -0.4 is 5.32 Å². The van der Waals surface area contributed by atoms with Crippen molar-refractivity contribution in [3.63, 3.8) is 0 Å². The van der Waals surface area contributed by atoms with Crippen LogP contribution in [0.5, 0.6) is 0 Å². The lowest BCUT2D eigenvalue weighted by Crippen LogP contribution is -2.43. The van der Waals surface area contributed by atoms with Crippen molar-refractivity contribution in [2.75, 3.05) is 13.2 Å².